The van der Waals surface area contributed by atoms with Crippen LogP contribution in [0.15, 0.2) is 46.9 Å². The van der Waals surface area contributed by atoms with Gasteiger partial charge in [0.2, 0.25) is 0 Å². The molecule has 0 aliphatic rings. The van der Waals surface area contributed by atoms with Gasteiger partial charge in [-0.3, -0.25) is 0 Å². The van der Waals surface area contributed by atoms with Crippen LogP contribution in [0.1, 0.15) is 17.2 Å². The summed E-state index contributed by atoms with van der Waals surface area (Å²) in [6.45, 7) is 0. The molecule has 0 saturated carbocycles. The predicted molar refractivity (Wildman–Crippen MR) is 76.0 cm³/mol. The van der Waals surface area contributed by atoms with Crippen molar-refractivity contribution in [2.24, 2.45) is 0 Å². The molecular formula is C15H14BrF2N. The minimum Gasteiger partial charge on any atom is -0.313 e. The number of hydrogen-bond donors (Lipinski definition) is 1. The monoisotopic (exact) mass is 325 g/mol. The Kier molecular flexibility index (Phi) is 4.66. The molecule has 0 aliphatic heterocycles. The summed E-state index contributed by atoms with van der Waals surface area (Å²) >= 11 is 3.17. The first kappa shape index (κ1) is 14.2. The summed E-state index contributed by atoms with van der Waals surface area (Å²) < 4.78 is 27.3. The van der Waals surface area contributed by atoms with E-state index in [1.54, 1.807) is 24.3 Å². The highest BCUT2D eigenvalue weighted by atomic mass is 79.9. The molecule has 100 valence electrons. The van der Waals surface area contributed by atoms with Crippen molar-refractivity contribution in [1.29, 1.82) is 0 Å². The molecule has 0 fully saturated rings. The van der Waals surface area contributed by atoms with Crippen LogP contribution in [0.3, 0.4) is 0 Å². The average molecular weight is 326 g/mol. The van der Waals surface area contributed by atoms with Crippen molar-refractivity contribution in [3.05, 3.63) is 69.7 Å². The van der Waals surface area contributed by atoms with Crippen molar-refractivity contribution >= 4 is 15.9 Å². The smallest absolute Gasteiger partial charge is 0.137 e. The van der Waals surface area contributed by atoms with Gasteiger partial charge < -0.3 is 5.32 Å². The van der Waals surface area contributed by atoms with Crippen LogP contribution in [-0.4, -0.2) is 7.05 Å². The minimum absolute atomic E-state index is 0.0613. The molecule has 0 saturated heterocycles. The summed E-state index contributed by atoms with van der Waals surface area (Å²) in [5.74, 6) is -0.520. The van der Waals surface area contributed by atoms with Crippen molar-refractivity contribution in [1.82, 2.24) is 5.32 Å². The fraction of sp³-hybridized carbons (Fsp3) is 0.200. The van der Waals surface area contributed by atoms with Gasteiger partial charge in [-0.05, 0) is 58.7 Å². The number of rotatable bonds is 4. The maximum atomic E-state index is 13.6. The third-order valence-corrected chi connectivity index (χ3v) is 3.68. The maximum absolute atomic E-state index is 13.6. The van der Waals surface area contributed by atoms with E-state index < -0.39 is 0 Å². The van der Waals surface area contributed by atoms with Crippen molar-refractivity contribution in [3.63, 3.8) is 0 Å². The molecule has 0 bridgehead atoms. The molecule has 1 unspecified atom stereocenters. The lowest BCUT2D eigenvalue weighted by Crippen LogP contribution is -2.19. The van der Waals surface area contributed by atoms with Crippen LogP contribution in [-0.2, 0) is 6.42 Å². The molecule has 2 aromatic rings. The third-order valence-electron chi connectivity index (χ3n) is 3.08. The summed E-state index contributed by atoms with van der Waals surface area (Å²) in [6.07, 6.45) is 0.515. The Morgan fingerprint density at radius 2 is 1.84 bits per heavy atom. The summed E-state index contributed by atoms with van der Waals surface area (Å²) in [7, 11) is 1.81. The van der Waals surface area contributed by atoms with E-state index in [4.69, 9.17) is 0 Å². The average Bonchev–Trinajstić information content (AvgIpc) is 2.41. The van der Waals surface area contributed by atoms with Gasteiger partial charge in [-0.15, -0.1) is 0 Å². The molecule has 0 aliphatic carbocycles. The molecule has 4 heteroatoms. The fourth-order valence-electron chi connectivity index (χ4n) is 2.00. The standard InChI is InChI=1S/C15H14BrF2N/c1-19-15(9-10-4-2-3-5-13(10)17)11-6-7-14(18)12(16)8-11/h2-8,15,19H,9H2,1H3. The first-order valence-electron chi connectivity index (χ1n) is 5.97. The van der Waals surface area contributed by atoms with Gasteiger partial charge in [-0.2, -0.15) is 0 Å². The Balaban J connectivity index is 2.25. The number of likely N-dealkylation sites (N-methyl/N-ethyl adjacent to an activating group) is 1. The maximum Gasteiger partial charge on any atom is 0.137 e. The molecule has 0 aromatic heterocycles. The topological polar surface area (TPSA) is 12.0 Å². The Hall–Kier alpha value is -1.26. The summed E-state index contributed by atoms with van der Waals surface area (Å²) in [5, 5.41) is 3.13. The van der Waals surface area contributed by atoms with Gasteiger partial charge in [0.25, 0.3) is 0 Å². The molecule has 2 rings (SSSR count). The zero-order valence-electron chi connectivity index (χ0n) is 10.5. The highest BCUT2D eigenvalue weighted by molar-refractivity contribution is 9.10. The number of benzene rings is 2. The molecule has 1 nitrogen and oxygen atoms in total. The molecule has 19 heavy (non-hydrogen) atoms. The van der Waals surface area contributed by atoms with E-state index in [2.05, 4.69) is 21.2 Å². The summed E-state index contributed by atoms with van der Waals surface area (Å²) in [4.78, 5) is 0. The molecule has 2 aromatic carbocycles. The number of halogens is 3. The highest BCUT2D eigenvalue weighted by Crippen LogP contribution is 2.24. The van der Waals surface area contributed by atoms with E-state index >= 15 is 0 Å². The van der Waals surface area contributed by atoms with Crippen molar-refractivity contribution < 1.29 is 8.78 Å². The van der Waals surface area contributed by atoms with Gasteiger partial charge in [0, 0.05) is 6.04 Å². The van der Waals surface area contributed by atoms with Gasteiger partial charge >= 0.3 is 0 Å². The van der Waals surface area contributed by atoms with Crippen molar-refractivity contribution in [3.8, 4) is 0 Å². The molecular weight excluding hydrogens is 312 g/mol. The second kappa shape index (κ2) is 6.26. The Bertz CT molecular complexity index is 572. The first-order valence-corrected chi connectivity index (χ1v) is 6.76. The fourth-order valence-corrected chi connectivity index (χ4v) is 2.40. The van der Waals surface area contributed by atoms with Gasteiger partial charge in [-0.25, -0.2) is 8.78 Å². The molecule has 0 radical (unpaired) electrons. The van der Waals surface area contributed by atoms with Crippen LogP contribution < -0.4 is 5.32 Å². The zero-order chi connectivity index (χ0) is 13.8. The van der Waals surface area contributed by atoms with E-state index in [1.165, 1.54) is 12.1 Å². The molecule has 0 amide bonds. The van der Waals surface area contributed by atoms with Crippen molar-refractivity contribution in [2.45, 2.75) is 12.5 Å². The lowest BCUT2D eigenvalue weighted by molar-refractivity contribution is 0.552. The van der Waals surface area contributed by atoms with E-state index in [0.29, 0.717) is 16.5 Å². The van der Waals surface area contributed by atoms with E-state index in [9.17, 15) is 8.78 Å². The molecule has 1 atom stereocenters. The van der Waals surface area contributed by atoms with E-state index in [0.717, 1.165) is 5.56 Å². The van der Waals surface area contributed by atoms with Crippen LogP contribution in [0.25, 0.3) is 0 Å². The highest BCUT2D eigenvalue weighted by Gasteiger charge is 2.13. The van der Waals surface area contributed by atoms with Gasteiger partial charge in [0.05, 0.1) is 4.47 Å². The molecule has 0 spiro atoms. The molecule has 0 heterocycles. The lowest BCUT2D eigenvalue weighted by Gasteiger charge is -2.17. The van der Waals surface area contributed by atoms with Crippen LogP contribution >= 0.6 is 15.9 Å². The quantitative estimate of drug-likeness (QED) is 0.887. The normalized spacial score (nSPS) is 12.4. The van der Waals surface area contributed by atoms with Gasteiger partial charge in [0.1, 0.15) is 11.6 Å². The van der Waals surface area contributed by atoms with Crippen LogP contribution in [0, 0.1) is 11.6 Å². The number of nitrogens with one attached hydrogen (secondary N) is 1. The van der Waals surface area contributed by atoms with E-state index in [1.807, 2.05) is 13.1 Å². The summed E-state index contributed by atoms with van der Waals surface area (Å²) in [6, 6.07) is 11.5. The van der Waals surface area contributed by atoms with Crippen molar-refractivity contribution in [2.75, 3.05) is 7.05 Å². The number of hydrogen-bond acceptors (Lipinski definition) is 1. The first-order chi connectivity index (χ1) is 9.11. The molecule has 1 N–H and O–H groups in total. The summed E-state index contributed by atoms with van der Waals surface area (Å²) in [5.41, 5.74) is 1.56. The van der Waals surface area contributed by atoms with Gasteiger partial charge in [0.15, 0.2) is 0 Å². The second-order valence-electron chi connectivity index (χ2n) is 4.31. The zero-order valence-corrected chi connectivity index (χ0v) is 12.0. The SMILES string of the molecule is CNC(Cc1ccccc1F)c1ccc(F)c(Br)c1. The Morgan fingerprint density at radius 1 is 1.11 bits per heavy atom. The van der Waals surface area contributed by atoms with E-state index in [-0.39, 0.29) is 17.7 Å². The van der Waals surface area contributed by atoms with Crippen LogP contribution in [0.4, 0.5) is 8.78 Å². The Morgan fingerprint density at radius 3 is 2.47 bits per heavy atom. The Labute approximate surface area is 119 Å². The predicted octanol–water partition coefficient (Wildman–Crippen LogP) is 4.23. The largest absolute Gasteiger partial charge is 0.313 e. The second-order valence-corrected chi connectivity index (χ2v) is 5.16. The lowest BCUT2D eigenvalue weighted by atomic mass is 9.98. The van der Waals surface area contributed by atoms with Gasteiger partial charge in [-0.1, -0.05) is 24.3 Å². The minimum atomic E-state index is -0.301. The van der Waals surface area contributed by atoms with Crippen LogP contribution in [0.5, 0.6) is 0 Å². The third kappa shape index (κ3) is 3.39. The van der Waals surface area contributed by atoms with Crippen LogP contribution in [0.2, 0.25) is 0 Å².